The quantitative estimate of drug-likeness (QED) is 0.671. The topological polar surface area (TPSA) is 32.3 Å². The minimum absolute atomic E-state index is 0.270. The van der Waals surface area contributed by atoms with Gasteiger partial charge in [0.05, 0.1) is 0 Å². The summed E-state index contributed by atoms with van der Waals surface area (Å²) in [6.07, 6.45) is 1.95. The summed E-state index contributed by atoms with van der Waals surface area (Å²) in [5.41, 5.74) is 1.34. The van der Waals surface area contributed by atoms with E-state index in [0.29, 0.717) is 5.92 Å². The fourth-order valence-electron chi connectivity index (χ4n) is 1.81. The zero-order valence-corrected chi connectivity index (χ0v) is 9.45. The van der Waals surface area contributed by atoms with Gasteiger partial charge in [0.2, 0.25) is 0 Å². The van der Waals surface area contributed by atoms with Crippen molar-refractivity contribution in [2.24, 2.45) is 0 Å². The maximum absolute atomic E-state index is 9.03. The molecular weight excluding hydrogens is 186 g/mol. The Labute approximate surface area is 92.3 Å². The Morgan fingerprint density at radius 1 is 1.20 bits per heavy atom. The molecule has 1 aromatic carbocycles. The molecule has 0 amide bonds. The zero-order chi connectivity index (χ0) is 10.9. The Bertz CT molecular complexity index is 248. The van der Waals surface area contributed by atoms with E-state index in [1.54, 1.807) is 0 Å². The van der Waals surface area contributed by atoms with Gasteiger partial charge in [-0.15, -0.1) is 0 Å². The van der Waals surface area contributed by atoms with Crippen LogP contribution in [0.15, 0.2) is 30.3 Å². The van der Waals surface area contributed by atoms with Crippen LogP contribution in [0.5, 0.6) is 0 Å². The second-order valence-electron chi connectivity index (χ2n) is 3.76. The Morgan fingerprint density at radius 2 is 1.93 bits per heavy atom. The van der Waals surface area contributed by atoms with Gasteiger partial charge in [0.15, 0.2) is 0 Å². The standard InChI is InChI=1S/C13H21NO/c1-2-14-10-8-13(9-11-15)12-6-4-3-5-7-12/h3-7,13-15H,2,8-11H2,1H3/t13-/m1/s1. The van der Waals surface area contributed by atoms with Gasteiger partial charge in [-0.2, -0.15) is 0 Å². The lowest BCUT2D eigenvalue weighted by molar-refractivity contribution is 0.272. The summed E-state index contributed by atoms with van der Waals surface area (Å²) < 4.78 is 0. The fourth-order valence-corrected chi connectivity index (χ4v) is 1.81. The molecule has 0 spiro atoms. The third-order valence-electron chi connectivity index (χ3n) is 2.67. The van der Waals surface area contributed by atoms with E-state index in [4.69, 9.17) is 5.11 Å². The highest BCUT2D eigenvalue weighted by Gasteiger charge is 2.09. The first-order valence-electron chi connectivity index (χ1n) is 5.75. The van der Waals surface area contributed by atoms with Gasteiger partial charge in [0.25, 0.3) is 0 Å². The van der Waals surface area contributed by atoms with E-state index >= 15 is 0 Å². The van der Waals surface area contributed by atoms with Gasteiger partial charge in [0, 0.05) is 6.61 Å². The minimum Gasteiger partial charge on any atom is -0.396 e. The van der Waals surface area contributed by atoms with Crippen molar-refractivity contribution in [1.82, 2.24) is 5.32 Å². The van der Waals surface area contributed by atoms with E-state index < -0.39 is 0 Å². The lowest BCUT2D eigenvalue weighted by Gasteiger charge is -2.16. The largest absolute Gasteiger partial charge is 0.396 e. The van der Waals surface area contributed by atoms with E-state index in [2.05, 4.69) is 36.5 Å². The van der Waals surface area contributed by atoms with Crippen LogP contribution in [0.2, 0.25) is 0 Å². The van der Waals surface area contributed by atoms with Crippen molar-refractivity contribution < 1.29 is 5.11 Å². The number of benzene rings is 1. The van der Waals surface area contributed by atoms with Crippen molar-refractivity contribution in [2.75, 3.05) is 19.7 Å². The number of hydrogen-bond donors (Lipinski definition) is 2. The van der Waals surface area contributed by atoms with E-state index in [-0.39, 0.29) is 6.61 Å². The van der Waals surface area contributed by atoms with E-state index in [9.17, 15) is 0 Å². The van der Waals surface area contributed by atoms with Crippen molar-refractivity contribution in [3.63, 3.8) is 0 Å². The predicted octanol–water partition coefficient (Wildman–Crippen LogP) is 2.15. The van der Waals surface area contributed by atoms with Crippen LogP contribution in [0.1, 0.15) is 31.2 Å². The molecule has 1 rings (SSSR count). The monoisotopic (exact) mass is 207 g/mol. The summed E-state index contributed by atoms with van der Waals surface area (Å²) >= 11 is 0. The molecule has 0 aliphatic carbocycles. The summed E-state index contributed by atoms with van der Waals surface area (Å²) in [5.74, 6) is 0.482. The molecule has 0 heterocycles. The summed E-state index contributed by atoms with van der Waals surface area (Å²) in [5, 5.41) is 12.4. The van der Waals surface area contributed by atoms with E-state index in [1.807, 2.05) is 6.07 Å². The summed E-state index contributed by atoms with van der Waals surface area (Å²) in [7, 11) is 0. The van der Waals surface area contributed by atoms with Crippen molar-refractivity contribution in [2.45, 2.75) is 25.7 Å². The van der Waals surface area contributed by atoms with Gasteiger partial charge in [-0.25, -0.2) is 0 Å². The van der Waals surface area contributed by atoms with Crippen LogP contribution in [-0.2, 0) is 0 Å². The molecule has 2 N–H and O–H groups in total. The molecule has 1 atom stereocenters. The minimum atomic E-state index is 0.270. The molecule has 0 unspecified atom stereocenters. The molecule has 0 saturated carbocycles. The van der Waals surface area contributed by atoms with Gasteiger partial charge in [-0.1, -0.05) is 37.3 Å². The normalized spacial score (nSPS) is 12.7. The van der Waals surface area contributed by atoms with Gasteiger partial charge >= 0.3 is 0 Å². The first kappa shape index (κ1) is 12.2. The van der Waals surface area contributed by atoms with Crippen LogP contribution in [0.4, 0.5) is 0 Å². The maximum atomic E-state index is 9.03. The number of aliphatic hydroxyl groups is 1. The molecule has 1 aromatic rings. The third kappa shape index (κ3) is 4.45. The van der Waals surface area contributed by atoms with Crippen LogP contribution in [0, 0.1) is 0 Å². The molecule has 0 aliphatic heterocycles. The van der Waals surface area contributed by atoms with Crippen molar-refractivity contribution in [1.29, 1.82) is 0 Å². The van der Waals surface area contributed by atoms with Crippen LogP contribution in [0.25, 0.3) is 0 Å². The number of nitrogens with one attached hydrogen (secondary N) is 1. The summed E-state index contributed by atoms with van der Waals surface area (Å²) in [6.45, 7) is 4.42. The Morgan fingerprint density at radius 3 is 2.53 bits per heavy atom. The second-order valence-corrected chi connectivity index (χ2v) is 3.76. The molecule has 0 saturated heterocycles. The highest BCUT2D eigenvalue weighted by atomic mass is 16.3. The van der Waals surface area contributed by atoms with Gasteiger partial charge in [-0.3, -0.25) is 0 Å². The lowest BCUT2D eigenvalue weighted by Crippen LogP contribution is -2.17. The molecular formula is C13H21NO. The molecule has 2 nitrogen and oxygen atoms in total. The van der Waals surface area contributed by atoms with Gasteiger partial charge < -0.3 is 10.4 Å². The highest BCUT2D eigenvalue weighted by molar-refractivity contribution is 5.19. The Kier molecular flexibility index (Phi) is 6.05. The zero-order valence-electron chi connectivity index (χ0n) is 9.45. The predicted molar refractivity (Wildman–Crippen MR) is 64.0 cm³/mol. The van der Waals surface area contributed by atoms with Gasteiger partial charge in [-0.05, 0) is 37.4 Å². The lowest BCUT2D eigenvalue weighted by atomic mass is 9.93. The molecule has 2 heteroatoms. The number of rotatable bonds is 7. The molecule has 0 aliphatic rings. The average molecular weight is 207 g/mol. The van der Waals surface area contributed by atoms with Crippen molar-refractivity contribution in [3.8, 4) is 0 Å². The van der Waals surface area contributed by atoms with Crippen LogP contribution < -0.4 is 5.32 Å². The number of aliphatic hydroxyl groups excluding tert-OH is 1. The van der Waals surface area contributed by atoms with Crippen LogP contribution >= 0.6 is 0 Å². The SMILES string of the molecule is CCNCC[C@H](CCO)c1ccccc1. The van der Waals surface area contributed by atoms with E-state index in [0.717, 1.165) is 25.9 Å². The number of hydrogen-bond acceptors (Lipinski definition) is 2. The van der Waals surface area contributed by atoms with Gasteiger partial charge in [0.1, 0.15) is 0 Å². The average Bonchev–Trinajstić information content (AvgIpc) is 2.29. The molecule has 0 bridgehead atoms. The van der Waals surface area contributed by atoms with Crippen LogP contribution in [-0.4, -0.2) is 24.8 Å². The molecule has 84 valence electrons. The Balaban J connectivity index is 2.50. The smallest absolute Gasteiger partial charge is 0.0436 e. The van der Waals surface area contributed by atoms with Crippen molar-refractivity contribution >= 4 is 0 Å². The van der Waals surface area contributed by atoms with E-state index in [1.165, 1.54) is 5.56 Å². The first-order chi connectivity index (χ1) is 7.38. The molecule has 0 aromatic heterocycles. The van der Waals surface area contributed by atoms with Crippen LogP contribution in [0.3, 0.4) is 0 Å². The molecule has 0 radical (unpaired) electrons. The molecule has 15 heavy (non-hydrogen) atoms. The van der Waals surface area contributed by atoms with Crippen molar-refractivity contribution in [3.05, 3.63) is 35.9 Å². The third-order valence-corrected chi connectivity index (χ3v) is 2.67. The first-order valence-corrected chi connectivity index (χ1v) is 5.75. The summed E-state index contributed by atoms with van der Waals surface area (Å²) in [4.78, 5) is 0. The fraction of sp³-hybridized carbons (Fsp3) is 0.538. The highest BCUT2D eigenvalue weighted by Crippen LogP contribution is 2.22. The maximum Gasteiger partial charge on any atom is 0.0436 e. The molecule has 0 fully saturated rings. The summed E-state index contributed by atoms with van der Waals surface area (Å²) in [6, 6.07) is 10.4. The second kappa shape index (κ2) is 7.43. The Hall–Kier alpha value is -0.860.